The van der Waals surface area contributed by atoms with Crippen molar-refractivity contribution in [3.8, 4) is 0 Å². The molecule has 1 aromatic carbocycles. The first kappa shape index (κ1) is 12.3. The van der Waals surface area contributed by atoms with Crippen LogP contribution in [0.3, 0.4) is 0 Å². The minimum Gasteiger partial charge on any atom is -0.340 e. The van der Waals surface area contributed by atoms with Gasteiger partial charge < -0.3 is 10.7 Å². The zero-order valence-corrected chi connectivity index (χ0v) is 10.5. The minimum atomic E-state index is 0.533. The van der Waals surface area contributed by atoms with E-state index in [9.17, 15) is 0 Å². The number of hydrogen-bond donors (Lipinski definition) is 3. The number of nitrogens with zero attached hydrogens (tertiary/aromatic N) is 2. The number of nitrogens with one attached hydrogen (secondary N) is 2. The standard InChI is InChI=1S/C13H17N5/c1-9(2)10-3-5-11(6-4-10)17-12-7-13(18-14)16-8-15-12/h3-9H,14H2,1-2H3,(H2,15,16,17,18). The number of hydrogen-bond acceptors (Lipinski definition) is 5. The Morgan fingerprint density at radius 2 is 1.72 bits per heavy atom. The van der Waals surface area contributed by atoms with Crippen LogP contribution in [0.15, 0.2) is 36.7 Å². The lowest BCUT2D eigenvalue weighted by Crippen LogP contribution is -2.09. The van der Waals surface area contributed by atoms with Gasteiger partial charge in [-0.3, -0.25) is 0 Å². The van der Waals surface area contributed by atoms with Gasteiger partial charge in [0, 0.05) is 11.8 Å². The van der Waals surface area contributed by atoms with Gasteiger partial charge in [-0.15, -0.1) is 0 Å². The van der Waals surface area contributed by atoms with Crippen molar-refractivity contribution in [3.05, 3.63) is 42.2 Å². The molecule has 0 fully saturated rings. The van der Waals surface area contributed by atoms with Crippen molar-refractivity contribution in [1.29, 1.82) is 0 Å². The van der Waals surface area contributed by atoms with Crippen LogP contribution in [0.4, 0.5) is 17.3 Å². The molecule has 1 aromatic heterocycles. The van der Waals surface area contributed by atoms with E-state index < -0.39 is 0 Å². The maximum Gasteiger partial charge on any atom is 0.145 e. The maximum atomic E-state index is 5.30. The smallest absolute Gasteiger partial charge is 0.145 e. The quantitative estimate of drug-likeness (QED) is 0.568. The molecule has 0 spiro atoms. The van der Waals surface area contributed by atoms with E-state index in [1.807, 2.05) is 12.1 Å². The van der Waals surface area contributed by atoms with Gasteiger partial charge in [-0.1, -0.05) is 26.0 Å². The van der Waals surface area contributed by atoms with Crippen molar-refractivity contribution >= 4 is 17.3 Å². The molecular formula is C13H17N5. The highest BCUT2D eigenvalue weighted by Gasteiger charge is 2.01. The predicted octanol–water partition coefficient (Wildman–Crippen LogP) is 2.63. The molecule has 0 aliphatic rings. The van der Waals surface area contributed by atoms with E-state index in [-0.39, 0.29) is 0 Å². The molecular weight excluding hydrogens is 226 g/mol. The number of anilines is 3. The van der Waals surface area contributed by atoms with Crippen LogP contribution >= 0.6 is 0 Å². The molecule has 2 rings (SSSR count). The van der Waals surface area contributed by atoms with Gasteiger partial charge in [-0.25, -0.2) is 15.8 Å². The van der Waals surface area contributed by atoms with Crippen LogP contribution in [0.2, 0.25) is 0 Å². The molecule has 0 saturated carbocycles. The second kappa shape index (κ2) is 5.46. The van der Waals surface area contributed by atoms with E-state index in [1.54, 1.807) is 6.07 Å². The Morgan fingerprint density at radius 3 is 2.33 bits per heavy atom. The van der Waals surface area contributed by atoms with E-state index in [0.29, 0.717) is 17.6 Å². The second-order valence-electron chi connectivity index (χ2n) is 4.33. The molecule has 0 atom stereocenters. The molecule has 0 bridgehead atoms. The monoisotopic (exact) mass is 243 g/mol. The summed E-state index contributed by atoms with van der Waals surface area (Å²) in [6.45, 7) is 4.35. The Bertz CT molecular complexity index is 507. The van der Waals surface area contributed by atoms with Crippen LogP contribution < -0.4 is 16.6 Å². The first-order valence-electron chi connectivity index (χ1n) is 5.84. The van der Waals surface area contributed by atoms with Crippen LogP contribution in [0, 0.1) is 0 Å². The normalized spacial score (nSPS) is 10.4. The molecule has 1 heterocycles. The highest BCUT2D eigenvalue weighted by atomic mass is 15.3. The summed E-state index contributed by atoms with van der Waals surface area (Å²) in [5.41, 5.74) is 4.79. The summed E-state index contributed by atoms with van der Waals surface area (Å²) >= 11 is 0. The minimum absolute atomic E-state index is 0.533. The number of hydrazine groups is 1. The number of benzene rings is 1. The van der Waals surface area contributed by atoms with Gasteiger partial charge in [0.2, 0.25) is 0 Å². The lowest BCUT2D eigenvalue weighted by molar-refractivity contribution is 0.867. The Labute approximate surface area is 106 Å². The molecule has 5 heteroatoms. The zero-order chi connectivity index (χ0) is 13.0. The zero-order valence-electron chi connectivity index (χ0n) is 10.5. The van der Waals surface area contributed by atoms with E-state index in [4.69, 9.17) is 5.84 Å². The molecule has 0 saturated heterocycles. The van der Waals surface area contributed by atoms with E-state index in [0.717, 1.165) is 5.69 Å². The third-order valence-corrected chi connectivity index (χ3v) is 2.66. The van der Waals surface area contributed by atoms with Gasteiger partial charge in [0.25, 0.3) is 0 Å². The Hall–Kier alpha value is -2.14. The fourth-order valence-electron chi connectivity index (χ4n) is 1.60. The van der Waals surface area contributed by atoms with Crippen molar-refractivity contribution < 1.29 is 0 Å². The summed E-state index contributed by atoms with van der Waals surface area (Å²) in [4.78, 5) is 8.07. The average Bonchev–Trinajstić information content (AvgIpc) is 2.39. The molecule has 0 unspecified atom stereocenters. The number of rotatable bonds is 4. The fourth-order valence-corrected chi connectivity index (χ4v) is 1.60. The molecule has 2 aromatic rings. The van der Waals surface area contributed by atoms with E-state index >= 15 is 0 Å². The molecule has 5 nitrogen and oxygen atoms in total. The summed E-state index contributed by atoms with van der Waals surface area (Å²) in [7, 11) is 0. The molecule has 0 radical (unpaired) electrons. The van der Waals surface area contributed by atoms with Gasteiger partial charge >= 0.3 is 0 Å². The summed E-state index contributed by atoms with van der Waals surface area (Å²) in [5.74, 6) is 7.11. The summed E-state index contributed by atoms with van der Waals surface area (Å²) in [6.07, 6.45) is 1.46. The van der Waals surface area contributed by atoms with Crippen LogP contribution in [-0.2, 0) is 0 Å². The van der Waals surface area contributed by atoms with Gasteiger partial charge in [-0.05, 0) is 23.6 Å². The predicted molar refractivity (Wildman–Crippen MR) is 73.7 cm³/mol. The summed E-state index contributed by atoms with van der Waals surface area (Å²) in [6, 6.07) is 10.0. The lowest BCUT2D eigenvalue weighted by atomic mass is 10.0. The summed E-state index contributed by atoms with van der Waals surface area (Å²) in [5, 5.41) is 3.20. The van der Waals surface area contributed by atoms with Crippen LogP contribution in [0.5, 0.6) is 0 Å². The highest BCUT2D eigenvalue weighted by Crippen LogP contribution is 2.20. The van der Waals surface area contributed by atoms with Crippen molar-refractivity contribution in [1.82, 2.24) is 9.97 Å². The van der Waals surface area contributed by atoms with Gasteiger partial charge in [0.15, 0.2) is 0 Å². The first-order valence-corrected chi connectivity index (χ1v) is 5.84. The third kappa shape index (κ3) is 2.95. The SMILES string of the molecule is CC(C)c1ccc(Nc2cc(NN)ncn2)cc1. The lowest BCUT2D eigenvalue weighted by Gasteiger charge is -2.09. The molecule has 4 N–H and O–H groups in total. The number of aromatic nitrogens is 2. The first-order chi connectivity index (χ1) is 8.69. The van der Waals surface area contributed by atoms with Crippen molar-refractivity contribution in [2.45, 2.75) is 19.8 Å². The maximum absolute atomic E-state index is 5.30. The Balaban J connectivity index is 2.13. The molecule has 0 aliphatic carbocycles. The van der Waals surface area contributed by atoms with E-state index in [1.165, 1.54) is 11.9 Å². The number of nitrogen functional groups attached to an aromatic ring is 1. The number of nitrogens with two attached hydrogens (primary N) is 1. The van der Waals surface area contributed by atoms with Gasteiger partial charge in [0.05, 0.1) is 0 Å². The van der Waals surface area contributed by atoms with Crippen molar-refractivity contribution in [2.24, 2.45) is 5.84 Å². The van der Waals surface area contributed by atoms with Crippen LogP contribution in [-0.4, -0.2) is 9.97 Å². The Kier molecular flexibility index (Phi) is 3.74. The third-order valence-electron chi connectivity index (χ3n) is 2.66. The highest BCUT2D eigenvalue weighted by molar-refractivity contribution is 5.58. The van der Waals surface area contributed by atoms with Gasteiger partial charge in [0.1, 0.15) is 18.0 Å². The second-order valence-corrected chi connectivity index (χ2v) is 4.33. The van der Waals surface area contributed by atoms with Crippen LogP contribution in [0.1, 0.15) is 25.3 Å². The molecule has 18 heavy (non-hydrogen) atoms. The average molecular weight is 243 g/mol. The van der Waals surface area contributed by atoms with Crippen molar-refractivity contribution in [3.63, 3.8) is 0 Å². The van der Waals surface area contributed by atoms with E-state index in [2.05, 4.69) is 46.7 Å². The molecule has 0 amide bonds. The molecule has 0 aliphatic heterocycles. The largest absolute Gasteiger partial charge is 0.340 e. The molecule has 94 valence electrons. The Morgan fingerprint density at radius 1 is 1.06 bits per heavy atom. The summed E-state index contributed by atoms with van der Waals surface area (Å²) < 4.78 is 0. The van der Waals surface area contributed by atoms with Crippen LogP contribution in [0.25, 0.3) is 0 Å². The topological polar surface area (TPSA) is 75.9 Å². The van der Waals surface area contributed by atoms with Crippen molar-refractivity contribution in [2.75, 3.05) is 10.7 Å². The fraction of sp³-hybridized carbons (Fsp3) is 0.231. The van der Waals surface area contributed by atoms with Gasteiger partial charge in [-0.2, -0.15) is 0 Å².